The van der Waals surface area contributed by atoms with Gasteiger partial charge >= 0.3 is 16.2 Å². The van der Waals surface area contributed by atoms with Gasteiger partial charge in [0.1, 0.15) is 5.52 Å². The Hall–Kier alpha value is -2.86. The molecule has 1 saturated heterocycles. The normalized spacial score (nSPS) is 15.9. The van der Waals surface area contributed by atoms with Crippen LogP contribution in [0, 0.1) is 5.92 Å². The van der Waals surface area contributed by atoms with Crippen LogP contribution < -0.4 is 10.3 Å². The van der Waals surface area contributed by atoms with Crippen molar-refractivity contribution in [2.24, 2.45) is 5.92 Å². The Morgan fingerprint density at radius 3 is 2.62 bits per heavy atom. The summed E-state index contributed by atoms with van der Waals surface area (Å²) in [5.74, 6) is -1.48. The van der Waals surface area contributed by atoms with Crippen LogP contribution in [0.1, 0.15) is 19.3 Å². The van der Waals surface area contributed by atoms with Crippen LogP contribution in [0.25, 0.3) is 10.9 Å². The molecule has 2 heterocycles. The molecule has 156 valence electrons. The number of methoxy groups -OCH3 is 1. The van der Waals surface area contributed by atoms with E-state index < -0.39 is 21.7 Å². The Morgan fingerprint density at radius 2 is 1.93 bits per heavy atom. The number of fused-ring (bicyclic) bond motifs is 1. The smallest absolute Gasteiger partial charge is 0.308 e. The van der Waals surface area contributed by atoms with Crippen LogP contribution in [0.3, 0.4) is 0 Å². The fraction of sp³-hybridized carbons (Fsp3) is 0.471. The summed E-state index contributed by atoms with van der Waals surface area (Å²) in [5.41, 5.74) is 0.0345. The Labute approximate surface area is 166 Å². The number of aryl methyl sites for hydroxylation is 1. The van der Waals surface area contributed by atoms with Crippen LogP contribution in [-0.2, 0) is 31.1 Å². The maximum absolute atomic E-state index is 12.4. The summed E-state index contributed by atoms with van der Waals surface area (Å²) < 4.78 is 33.6. The van der Waals surface area contributed by atoms with Gasteiger partial charge in [0.15, 0.2) is 0 Å². The summed E-state index contributed by atoms with van der Waals surface area (Å²) in [6, 6.07) is 6.67. The van der Waals surface area contributed by atoms with Crippen molar-refractivity contribution >= 4 is 33.0 Å². The molecule has 1 aliphatic rings. The highest BCUT2D eigenvalue weighted by Crippen LogP contribution is 2.20. The van der Waals surface area contributed by atoms with Gasteiger partial charge in [-0.05, 0) is 25.0 Å². The van der Waals surface area contributed by atoms with Gasteiger partial charge in [0, 0.05) is 19.5 Å². The number of piperidine rings is 1. The summed E-state index contributed by atoms with van der Waals surface area (Å²) in [7, 11) is -2.74. The quantitative estimate of drug-likeness (QED) is 0.609. The van der Waals surface area contributed by atoms with Crippen LogP contribution >= 0.6 is 0 Å². The number of carbonyl (C=O) groups excluding carboxylic acids is 2. The predicted molar refractivity (Wildman–Crippen MR) is 102 cm³/mol. The molecule has 0 aliphatic carbocycles. The van der Waals surface area contributed by atoms with Crippen molar-refractivity contribution in [2.45, 2.75) is 25.8 Å². The zero-order valence-corrected chi connectivity index (χ0v) is 16.6. The second-order valence-corrected chi connectivity index (χ2v) is 8.28. The van der Waals surface area contributed by atoms with Crippen molar-refractivity contribution in [2.75, 3.05) is 20.2 Å². The van der Waals surface area contributed by atoms with E-state index in [2.05, 4.69) is 15.0 Å². The third kappa shape index (κ3) is 4.77. The Bertz CT molecular complexity index is 1080. The van der Waals surface area contributed by atoms with Crippen LogP contribution in [0.5, 0.6) is 0 Å². The Kier molecular flexibility index (Phi) is 6.23. The minimum Gasteiger partial charge on any atom is -0.469 e. The number of hydrogen-bond acceptors (Lipinski definition) is 8. The van der Waals surface area contributed by atoms with Crippen LogP contribution in [0.2, 0.25) is 0 Å². The van der Waals surface area contributed by atoms with Crippen molar-refractivity contribution in [1.29, 1.82) is 0 Å². The number of aromatic nitrogens is 3. The van der Waals surface area contributed by atoms with Gasteiger partial charge in [-0.15, -0.1) is 5.10 Å². The minimum absolute atomic E-state index is 0.109. The average Bonchev–Trinajstić information content (AvgIpc) is 2.72. The lowest BCUT2D eigenvalue weighted by Crippen LogP contribution is -2.48. The lowest BCUT2D eigenvalue weighted by molar-refractivity contribution is -0.146. The molecule has 0 spiro atoms. The van der Waals surface area contributed by atoms with Gasteiger partial charge in [0.05, 0.1) is 25.0 Å². The minimum atomic E-state index is -4.03. The number of ether oxygens (including phenoxy) is 1. The lowest BCUT2D eigenvalue weighted by Gasteiger charge is -2.29. The topological polar surface area (TPSA) is 141 Å². The monoisotopic (exact) mass is 423 g/mol. The molecule has 12 heteroatoms. The molecule has 2 aromatic rings. The summed E-state index contributed by atoms with van der Waals surface area (Å²) >= 11 is 0. The molecule has 1 amide bonds. The number of esters is 1. The number of rotatable bonds is 6. The van der Waals surface area contributed by atoms with E-state index in [1.54, 1.807) is 24.3 Å². The van der Waals surface area contributed by atoms with Crippen LogP contribution in [0.15, 0.2) is 29.1 Å². The standard InChI is InChI=1S/C17H21N5O6S/c1-28-17(25)12-6-9-21(10-7-12)29(26,27)19-15(23)8-11-22-16(24)13-4-2-3-5-14(13)18-20-22/h2-5,12H,6-11H2,1H3,(H,19,23). The molecule has 11 nitrogen and oxygen atoms in total. The maximum Gasteiger partial charge on any atom is 0.308 e. The number of hydrogen-bond donors (Lipinski definition) is 1. The van der Waals surface area contributed by atoms with E-state index in [0.717, 1.165) is 8.99 Å². The van der Waals surface area contributed by atoms with E-state index in [1.165, 1.54) is 7.11 Å². The van der Waals surface area contributed by atoms with Crippen LogP contribution in [0.4, 0.5) is 0 Å². The number of amides is 1. The van der Waals surface area contributed by atoms with Crippen molar-refractivity contribution in [3.8, 4) is 0 Å². The van der Waals surface area contributed by atoms with Gasteiger partial charge in [-0.3, -0.25) is 14.4 Å². The largest absolute Gasteiger partial charge is 0.469 e. The average molecular weight is 423 g/mol. The lowest BCUT2D eigenvalue weighted by atomic mass is 9.99. The van der Waals surface area contributed by atoms with Gasteiger partial charge in [-0.2, -0.15) is 12.7 Å². The molecule has 3 rings (SSSR count). The summed E-state index contributed by atoms with van der Waals surface area (Å²) in [5, 5.41) is 8.05. The molecule has 0 saturated carbocycles. The third-order valence-corrected chi connectivity index (χ3v) is 6.28. The number of nitrogens with one attached hydrogen (secondary N) is 1. The van der Waals surface area contributed by atoms with E-state index in [4.69, 9.17) is 0 Å². The Balaban J connectivity index is 1.57. The van der Waals surface area contributed by atoms with Crippen molar-refractivity contribution < 1.29 is 22.7 Å². The first-order valence-corrected chi connectivity index (χ1v) is 10.5. The van der Waals surface area contributed by atoms with E-state index in [9.17, 15) is 22.8 Å². The molecule has 1 N–H and O–H groups in total. The molecule has 1 aromatic carbocycles. The highest BCUT2D eigenvalue weighted by Gasteiger charge is 2.32. The number of carbonyl (C=O) groups is 2. The summed E-state index contributed by atoms with van der Waals surface area (Å²) in [4.78, 5) is 36.0. The fourth-order valence-corrected chi connectivity index (χ4v) is 4.35. The first-order valence-electron chi connectivity index (χ1n) is 9.03. The van der Waals surface area contributed by atoms with Gasteiger partial charge in [0.2, 0.25) is 5.91 Å². The van der Waals surface area contributed by atoms with Gasteiger partial charge in [-0.1, -0.05) is 17.3 Å². The molecule has 1 fully saturated rings. The molecule has 0 unspecified atom stereocenters. The second-order valence-electron chi connectivity index (χ2n) is 6.61. The maximum atomic E-state index is 12.4. The molecule has 29 heavy (non-hydrogen) atoms. The Morgan fingerprint density at radius 1 is 1.24 bits per heavy atom. The molecular weight excluding hydrogens is 402 g/mol. The third-order valence-electron chi connectivity index (χ3n) is 4.75. The zero-order chi connectivity index (χ0) is 21.0. The summed E-state index contributed by atoms with van der Waals surface area (Å²) in [6.07, 6.45) is 0.387. The SMILES string of the molecule is COC(=O)C1CCN(S(=O)(=O)NC(=O)CCn2nnc3ccccc3c2=O)CC1. The van der Waals surface area contributed by atoms with Gasteiger partial charge in [0.25, 0.3) is 5.56 Å². The number of benzene rings is 1. The van der Waals surface area contributed by atoms with Gasteiger partial charge < -0.3 is 4.74 Å². The zero-order valence-electron chi connectivity index (χ0n) is 15.8. The molecule has 1 aromatic heterocycles. The fourth-order valence-electron chi connectivity index (χ4n) is 3.14. The first kappa shape index (κ1) is 20.9. The molecule has 0 atom stereocenters. The van der Waals surface area contributed by atoms with Crippen molar-refractivity contribution in [1.82, 2.24) is 24.0 Å². The molecule has 0 bridgehead atoms. The second kappa shape index (κ2) is 8.66. The van der Waals surface area contributed by atoms with Crippen LogP contribution in [-0.4, -0.2) is 59.8 Å². The predicted octanol–water partition coefficient (Wildman–Crippen LogP) is -0.572. The van der Waals surface area contributed by atoms with Crippen molar-refractivity contribution in [3.05, 3.63) is 34.6 Å². The van der Waals surface area contributed by atoms with E-state index in [0.29, 0.717) is 23.7 Å². The van der Waals surface area contributed by atoms with E-state index in [-0.39, 0.29) is 37.9 Å². The number of nitrogens with zero attached hydrogens (tertiary/aromatic N) is 4. The highest BCUT2D eigenvalue weighted by atomic mass is 32.2. The summed E-state index contributed by atoms with van der Waals surface area (Å²) in [6.45, 7) is 0.110. The van der Waals surface area contributed by atoms with Crippen molar-refractivity contribution in [3.63, 3.8) is 0 Å². The van der Waals surface area contributed by atoms with E-state index >= 15 is 0 Å². The molecule has 1 aliphatic heterocycles. The highest BCUT2D eigenvalue weighted by molar-refractivity contribution is 7.87. The molecule has 0 radical (unpaired) electrons. The van der Waals surface area contributed by atoms with Gasteiger partial charge in [-0.25, -0.2) is 9.40 Å². The molecular formula is C17H21N5O6S. The van der Waals surface area contributed by atoms with E-state index in [1.807, 2.05) is 4.72 Å². The first-order chi connectivity index (χ1) is 13.8.